The van der Waals surface area contributed by atoms with Crippen molar-refractivity contribution in [2.75, 3.05) is 12.4 Å². The van der Waals surface area contributed by atoms with Crippen LogP contribution in [0.1, 0.15) is 10.4 Å². The second-order valence-corrected chi connectivity index (χ2v) is 4.69. The molecule has 0 aliphatic heterocycles. The van der Waals surface area contributed by atoms with Crippen LogP contribution in [0.4, 0.5) is 5.69 Å². The highest BCUT2D eigenvalue weighted by Gasteiger charge is 2.14. The monoisotopic (exact) mass is 321 g/mol. The molecule has 2 aromatic carbocycles. The molecule has 2 N–H and O–H groups in total. The molecule has 0 aliphatic carbocycles. The van der Waals surface area contributed by atoms with E-state index in [0.717, 1.165) is 0 Å². The number of methoxy groups -OCH3 is 1. The van der Waals surface area contributed by atoms with E-state index in [4.69, 9.17) is 10.00 Å². The fourth-order valence-electron chi connectivity index (χ4n) is 1.82. The third-order valence-electron chi connectivity index (χ3n) is 3.10. The van der Waals surface area contributed by atoms with Crippen molar-refractivity contribution in [3.05, 3.63) is 71.9 Å². The summed E-state index contributed by atoms with van der Waals surface area (Å²) in [7, 11) is 1.56. The number of hydrogen-bond donors (Lipinski definition) is 2. The summed E-state index contributed by atoms with van der Waals surface area (Å²) in [6, 6.07) is 17.0. The average molecular weight is 321 g/mol. The van der Waals surface area contributed by atoms with E-state index in [1.54, 1.807) is 67.8 Å². The zero-order valence-electron chi connectivity index (χ0n) is 12.9. The van der Waals surface area contributed by atoms with Crippen LogP contribution in [0.2, 0.25) is 0 Å². The Balaban J connectivity index is 2.02. The largest absolute Gasteiger partial charge is 0.497 e. The van der Waals surface area contributed by atoms with Crippen LogP contribution in [0, 0.1) is 11.3 Å². The maximum absolute atomic E-state index is 12.0. The van der Waals surface area contributed by atoms with Crippen LogP contribution in [-0.2, 0) is 4.79 Å². The van der Waals surface area contributed by atoms with Gasteiger partial charge in [-0.05, 0) is 36.4 Å². The Labute approximate surface area is 139 Å². The number of amides is 2. The second kappa shape index (κ2) is 8.15. The third-order valence-corrected chi connectivity index (χ3v) is 3.10. The number of nitrogens with one attached hydrogen (secondary N) is 2. The van der Waals surface area contributed by atoms with Crippen LogP contribution in [0.25, 0.3) is 0 Å². The van der Waals surface area contributed by atoms with E-state index >= 15 is 0 Å². The van der Waals surface area contributed by atoms with Crippen molar-refractivity contribution in [1.82, 2.24) is 5.32 Å². The zero-order valence-corrected chi connectivity index (χ0v) is 12.9. The molecule has 24 heavy (non-hydrogen) atoms. The van der Waals surface area contributed by atoms with Crippen molar-refractivity contribution < 1.29 is 14.3 Å². The first-order valence-electron chi connectivity index (χ1n) is 7.05. The van der Waals surface area contributed by atoms with Crippen LogP contribution >= 0.6 is 0 Å². The molecule has 2 aromatic rings. The van der Waals surface area contributed by atoms with Crippen LogP contribution in [0.15, 0.2) is 66.4 Å². The van der Waals surface area contributed by atoms with E-state index in [-0.39, 0.29) is 5.57 Å². The number of anilines is 1. The predicted octanol–water partition coefficient (Wildman–Crippen LogP) is 2.47. The van der Waals surface area contributed by atoms with Gasteiger partial charge in [-0.2, -0.15) is 5.26 Å². The van der Waals surface area contributed by atoms with E-state index in [1.165, 1.54) is 6.20 Å². The average Bonchev–Trinajstić information content (AvgIpc) is 2.63. The van der Waals surface area contributed by atoms with Crippen LogP contribution in [0.5, 0.6) is 5.75 Å². The summed E-state index contributed by atoms with van der Waals surface area (Å²) >= 11 is 0. The van der Waals surface area contributed by atoms with E-state index in [2.05, 4.69) is 10.6 Å². The minimum absolute atomic E-state index is 0.213. The molecular weight excluding hydrogens is 306 g/mol. The van der Waals surface area contributed by atoms with E-state index in [1.807, 2.05) is 0 Å². The van der Waals surface area contributed by atoms with Gasteiger partial charge in [0.05, 0.1) is 7.11 Å². The summed E-state index contributed by atoms with van der Waals surface area (Å²) in [5, 5.41) is 14.1. The zero-order chi connectivity index (χ0) is 17.4. The van der Waals surface area contributed by atoms with Gasteiger partial charge in [-0.15, -0.1) is 0 Å². The van der Waals surface area contributed by atoms with Crippen molar-refractivity contribution in [2.24, 2.45) is 0 Å². The van der Waals surface area contributed by atoms with Gasteiger partial charge in [0.1, 0.15) is 17.4 Å². The molecule has 0 heterocycles. The van der Waals surface area contributed by atoms with E-state index < -0.39 is 11.8 Å². The molecule has 2 rings (SSSR count). The Kier molecular flexibility index (Phi) is 5.70. The van der Waals surface area contributed by atoms with E-state index in [0.29, 0.717) is 17.0 Å². The van der Waals surface area contributed by atoms with Crippen LogP contribution in [-0.4, -0.2) is 18.9 Å². The molecule has 0 saturated carbocycles. The quantitative estimate of drug-likeness (QED) is 0.652. The van der Waals surface area contributed by atoms with Gasteiger partial charge in [-0.25, -0.2) is 0 Å². The molecule has 0 unspecified atom stereocenters. The minimum Gasteiger partial charge on any atom is -0.497 e. The maximum atomic E-state index is 12.0. The first-order chi connectivity index (χ1) is 11.6. The number of ether oxygens (including phenoxy) is 1. The lowest BCUT2D eigenvalue weighted by Gasteiger charge is -2.05. The highest BCUT2D eigenvalue weighted by atomic mass is 16.5. The molecule has 0 radical (unpaired) electrons. The van der Waals surface area contributed by atoms with Gasteiger partial charge < -0.3 is 10.1 Å². The summed E-state index contributed by atoms with van der Waals surface area (Å²) in [4.78, 5) is 23.9. The highest BCUT2D eigenvalue weighted by Crippen LogP contribution is 2.15. The molecule has 6 heteroatoms. The lowest BCUT2D eigenvalue weighted by Crippen LogP contribution is -2.31. The molecular formula is C18H15N3O3. The number of hydrogen-bond acceptors (Lipinski definition) is 5. The van der Waals surface area contributed by atoms with Gasteiger partial charge in [-0.1, -0.05) is 18.2 Å². The number of benzene rings is 2. The molecule has 0 spiro atoms. The molecule has 0 aliphatic rings. The van der Waals surface area contributed by atoms with Gasteiger partial charge >= 0.3 is 0 Å². The Morgan fingerprint density at radius 2 is 1.75 bits per heavy atom. The molecule has 6 nitrogen and oxygen atoms in total. The summed E-state index contributed by atoms with van der Waals surface area (Å²) in [5.74, 6) is -0.644. The van der Waals surface area contributed by atoms with Crippen molar-refractivity contribution in [3.63, 3.8) is 0 Å². The smallest absolute Gasteiger partial charge is 0.270 e. The van der Waals surface area contributed by atoms with Gasteiger partial charge in [-0.3, -0.25) is 14.9 Å². The SMILES string of the molecule is COc1ccc(N/C=C(\C#N)C(=O)NC(=O)c2ccccc2)cc1. The van der Waals surface area contributed by atoms with Crippen LogP contribution < -0.4 is 15.4 Å². The third kappa shape index (κ3) is 4.45. The number of imide groups is 1. The highest BCUT2D eigenvalue weighted by molar-refractivity contribution is 6.11. The standard InChI is InChI=1S/C18H15N3O3/c1-24-16-9-7-15(8-10-16)20-12-14(11-19)18(23)21-17(22)13-5-3-2-4-6-13/h2-10,12,20H,1H3,(H,21,22,23)/b14-12+. The maximum Gasteiger partial charge on any atom is 0.270 e. The topological polar surface area (TPSA) is 91.2 Å². The molecule has 120 valence electrons. The molecule has 0 aromatic heterocycles. The summed E-state index contributed by atoms with van der Waals surface area (Å²) in [5.41, 5.74) is 0.798. The number of carbonyl (C=O) groups is 2. The summed E-state index contributed by atoms with van der Waals surface area (Å²) in [6.07, 6.45) is 1.25. The number of nitriles is 1. The van der Waals surface area contributed by atoms with Crippen molar-refractivity contribution in [2.45, 2.75) is 0 Å². The van der Waals surface area contributed by atoms with Crippen LogP contribution in [0.3, 0.4) is 0 Å². The Bertz CT molecular complexity index is 791. The fourth-order valence-corrected chi connectivity index (χ4v) is 1.82. The number of nitrogens with zero attached hydrogens (tertiary/aromatic N) is 1. The molecule has 0 fully saturated rings. The lowest BCUT2D eigenvalue weighted by atomic mass is 10.2. The second-order valence-electron chi connectivity index (χ2n) is 4.69. The van der Waals surface area contributed by atoms with Crippen molar-refractivity contribution >= 4 is 17.5 Å². The molecule has 0 bridgehead atoms. The van der Waals surface area contributed by atoms with Crippen molar-refractivity contribution in [3.8, 4) is 11.8 Å². The Morgan fingerprint density at radius 1 is 1.08 bits per heavy atom. The Morgan fingerprint density at radius 3 is 2.33 bits per heavy atom. The molecule has 0 atom stereocenters. The van der Waals surface area contributed by atoms with E-state index in [9.17, 15) is 9.59 Å². The lowest BCUT2D eigenvalue weighted by molar-refractivity contribution is -0.116. The number of carbonyl (C=O) groups excluding carboxylic acids is 2. The van der Waals surface area contributed by atoms with Gasteiger partial charge in [0.15, 0.2) is 0 Å². The predicted molar refractivity (Wildman–Crippen MR) is 89.2 cm³/mol. The van der Waals surface area contributed by atoms with Gasteiger partial charge in [0.2, 0.25) is 0 Å². The summed E-state index contributed by atoms with van der Waals surface area (Å²) < 4.78 is 5.04. The first-order valence-corrected chi connectivity index (χ1v) is 7.05. The number of rotatable bonds is 5. The van der Waals surface area contributed by atoms with Gasteiger partial charge in [0, 0.05) is 17.5 Å². The normalized spacial score (nSPS) is 10.4. The fraction of sp³-hybridized carbons (Fsp3) is 0.0556. The summed E-state index contributed by atoms with van der Waals surface area (Å²) in [6.45, 7) is 0. The van der Waals surface area contributed by atoms with Crippen molar-refractivity contribution in [1.29, 1.82) is 5.26 Å². The molecule has 2 amide bonds. The first kappa shape index (κ1) is 16.8. The van der Waals surface area contributed by atoms with Gasteiger partial charge in [0.25, 0.3) is 11.8 Å². The minimum atomic E-state index is -0.771. The Hall–Kier alpha value is -3.59. The molecule has 0 saturated heterocycles.